The topological polar surface area (TPSA) is 55.4 Å². The Labute approximate surface area is 150 Å². The summed E-state index contributed by atoms with van der Waals surface area (Å²) in [6.45, 7) is 2.63. The molecule has 6 nitrogen and oxygen atoms in total. The first kappa shape index (κ1) is 16.3. The quantitative estimate of drug-likeness (QED) is 0.722. The van der Waals surface area contributed by atoms with Gasteiger partial charge in [0.1, 0.15) is 11.5 Å². The summed E-state index contributed by atoms with van der Waals surface area (Å²) in [6, 6.07) is 5.14. The molecule has 0 saturated carbocycles. The lowest BCUT2D eigenvalue weighted by atomic mass is 9.97. The third-order valence-electron chi connectivity index (χ3n) is 4.79. The Balaban J connectivity index is 1.55. The van der Waals surface area contributed by atoms with Crippen LogP contribution in [0.1, 0.15) is 30.3 Å². The molecule has 0 amide bonds. The maximum absolute atomic E-state index is 12.3. The zero-order valence-corrected chi connectivity index (χ0v) is 14.9. The van der Waals surface area contributed by atoms with Crippen molar-refractivity contribution in [3.8, 4) is 0 Å². The van der Waals surface area contributed by atoms with E-state index in [0.717, 1.165) is 37.4 Å². The van der Waals surface area contributed by atoms with Gasteiger partial charge in [-0.1, -0.05) is 11.6 Å². The Morgan fingerprint density at radius 1 is 1.36 bits per heavy atom. The fourth-order valence-corrected chi connectivity index (χ4v) is 3.78. The molecule has 1 aliphatic rings. The molecule has 0 N–H and O–H groups in total. The van der Waals surface area contributed by atoms with Crippen molar-refractivity contribution in [3.63, 3.8) is 0 Å². The molecule has 1 saturated heterocycles. The van der Waals surface area contributed by atoms with Crippen LogP contribution in [0.3, 0.4) is 0 Å². The van der Waals surface area contributed by atoms with E-state index >= 15 is 0 Å². The highest BCUT2D eigenvalue weighted by Crippen LogP contribution is 2.26. The number of rotatable bonds is 3. The van der Waals surface area contributed by atoms with E-state index in [0.29, 0.717) is 23.1 Å². The van der Waals surface area contributed by atoms with Gasteiger partial charge in [-0.2, -0.15) is 0 Å². The van der Waals surface area contributed by atoms with Gasteiger partial charge in [0.2, 0.25) is 0 Å². The summed E-state index contributed by atoms with van der Waals surface area (Å²) in [6.07, 6.45) is 7.72. The summed E-state index contributed by atoms with van der Waals surface area (Å²) in [5.41, 5.74) is 1.33. The van der Waals surface area contributed by atoms with Crippen LogP contribution < -0.4 is 5.56 Å². The summed E-state index contributed by atoms with van der Waals surface area (Å²) >= 11 is 5.96. The first-order valence-electron chi connectivity index (χ1n) is 8.47. The molecule has 4 rings (SSSR count). The fraction of sp³-hybridized carbons (Fsp3) is 0.389. The summed E-state index contributed by atoms with van der Waals surface area (Å²) < 4.78 is 3.58. The Hall–Kier alpha value is -2.18. The number of piperidine rings is 1. The first-order chi connectivity index (χ1) is 12.1. The molecule has 0 aromatic carbocycles. The second-order valence-corrected chi connectivity index (χ2v) is 7.07. The average molecular weight is 358 g/mol. The van der Waals surface area contributed by atoms with Crippen LogP contribution in [0.25, 0.3) is 5.65 Å². The van der Waals surface area contributed by atoms with Gasteiger partial charge in [-0.25, -0.2) is 9.97 Å². The van der Waals surface area contributed by atoms with Crippen molar-refractivity contribution >= 4 is 17.2 Å². The highest BCUT2D eigenvalue weighted by atomic mass is 35.5. The summed E-state index contributed by atoms with van der Waals surface area (Å²) in [5.74, 6) is 1.56. The van der Waals surface area contributed by atoms with Gasteiger partial charge < -0.3 is 4.57 Å². The molecule has 1 fully saturated rings. The molecule has 3 aromatic heterocycles. The second-order valence-electron chi connectivity index (χ2n) is 6.63. The highest BCUT2D eigenvalue weighted by molar-refractivity contribution is 6.30. The van der Waals surface area contributed by atoms with Crippen molar-refractivity contribution < 1.29 is 0 Å². The number of hydrogen-bond acceptors (Lipinski definition) is 4. The average Bonchev–Trinajstić information content (AvgIpc) is 3.02. The molecule has 0 spiro atoms. The van der Waals surface area contributed by atoms with Crippen LogP contribution in [0.4, 0.5) is 0 Å². The van der Waals surface area contributed by atoms with Gasteiger partial charge in [-0.05, 0) is 31.5 Å². The van der Waals surface area contributed by atoms with Crippen molar-refractivity contribution in [1.82, 2.24) is 23.8 Å². The summed E-state index contributed by atoms with van der Waals surface area (Å²) in [7, 11) is 2.04. The van der Waals surface area contributed by atoms with Crippen LogP contribution in [0, 0.1) is 0 Å². The minimum Gasteiger partial charge on any atom is -0.338 e. The Morgan fingerprint density at radius 3 is 3.04 bits per heavy atom. The van der Waals surface area contributed by atoms with Crippen LogP contribution in [0.2, 0.25) is 5.02 Å². The molecule has 3 aromatic rings. The van der Waals surface area contributed by atoms with Crippen molar-refractivity contribution in [1.29, 1.82) is 0 Å². The van der Waals surface area contributed by atoms with E-state index in [4.69, 9.17) is 11.6 Å². The number of aryl methyl sites for hydroxylation is 1. The van der Waals surface area contributed by atoms with Gasteiger partial charge in [0, 0.05) is 50.7 Å². The molecule has 1 atom stereocenters. The molecular weight excluding hydrogens is 338 g/mol. The second kappa shape index (κ2) is 6.61. The van der Waals surface area contributed by atoms with Crippen molar-refractivity contribution in [2.45, 2.75) is 25.3 Å². The van der Waals surface area contributed by atoms with Crippen molar-refractivity contribution in [2.75, 3.05) is 13.1 Å². The Kier molecular flexibility index (Phi) is 4.31. The highest BCUT2D eigenvalue weighted by Gasteiger charge is 2.24. The molecule has 7 heteroatoms. The molecule has 4 heterocycles. The van der Waals surface area contributed by atoms with Gasteiger partial charge in [-0.15, -0.1) is 0 Å². The molecule has 0 bridgehead atoms. The third-order valence-corrected chi connectivity index (χ3v) is 5.01. The minimum atomic E-state index is -0.0971. The van der Waals surface area contributed by atoms with E-state index in [1.54, 1.807) is 24.4 Å². The SMILES string of the molecule is Cn1ccnc1[C@@H]1CCCN(Cc2cc(=O)n3cc(Cl)ccc3n2)C1. The first-order valence-corrected chi connectivity index (χ1v) is 8.85. The summed E-state index contributed by atoms with van der Waals surface area (Å²) in [4.78, 5) is 23.8. The van der Waals surface area contributed by atoms with Gasteiger partial charge >= 0.3 is 0 Å². The number of hydrogen-bond donors (Lipinski definition) is 0. The third kappa shape index (κ3) is 3.32. The number of imidazole rings is 1. The lowest BCUT2D eigenvalue weighted by molar-refractivity contribution is 0.193. The number of likely N-dealkylation sites (tertiary alicyclic amines) is 1. The van der Waals surface area contributed by atoms with Crippen LogP contribution in [-0.2, 0) is 13.6 Å². The van der Waals surface area contributed by atoms with E-state index in [1.807, 2.05) is 19.4 Å². The van der Waals surface area contributed by atoms with Gasteiger partial charge in [0.25, 0.3) is 5.56 Å². The van der Waals surface area contributed by atoms with Crippen LogP contribution in [0.5, 0.6) is 0 Å². The van der Waals surface area contributed by atoms with Gasteiger partial charge in [0.05, 0.1) is 10.7 Å². The van der Waals surface area contributed by atoms with Crippen molar-refractivity contribution in [3.05, 3.63) is 63.7 Å². The lowest BCUT2D eigenvalue weighted by Gasteiger charge is -2.32. The number of nitrogens with zero attached hydrogens (tertiary/aromatic N) is 5. The van der Waals surface area contributed by atoms with Crippen LogP contribution in [0.15, 0.2) is 41.6 Å². The number of aromatic nitrogens is 4. The zero-order chi connectivity index (χ0) is 17.4. The smallest absolute Gasteiger partial charge is 0.258 e. The van der Waals surface area contributed by atoms with E-state index < -0.39 is 0 Å². The fourth-order valence-electron chi connectivity index (χ4n) is 3.62. The van der Waals surface area contributed by atoms with E-state index in [2.05, 4.69) is 19.4 Å². The number of halogens is 1. The van der Waals surface area contributed by atoms with E-state index in [-0.39, 0.29) is 5.56 Å². The Morgan fingerprint density at radius 2 is 2.24 bits per heavy atom. The lowest BCUT2D eigenvalue weighted by Crippen LogP contribution is -2.35. The van der Waals surface area contributed by atoms with Crippen molar-refractivity contribution in [2.24, 2.45) is 7.05 Å². The van der Waals surface area contributed by atoms with Gasteiger partial charge in [-0.3, -0.25) is 14.1 Å². The molecule has 130 valence electrons. The number of pyridine rings is 1. The molecule has 0 radical (unpaired) electrons. The Bertz CT molecular complexity index is 963. The molecule has 0 unspecified atom stereocenters. The largest absolute Gasteiger partial charge is 0.338 e. The summed E-state index contributed by atoms with van der Waals surface area (Å²) in [5, 5.41) is 0.526. The predicted molar refractivity (Wildman–Crippen MR) is 96.9 cm³/mol. The van der Waals surface area contributed by atoms with Gasteiger partial charge in [0.15, 0.2) is 0 Å². The maximum atomic E-state index is 12.3. The van der Waals surface area contributed by atoms with Crippen LogP contribution in [-0.4, -0.2) is 36.9 Å². The van der Waals surface area contributed by atoms with Crippen LogP contribution >= 0.6 is 11.6 Å². The molecular formula is C18H20ClN5O. The minimum absolute atomic E-state index is 0.0971. The monoisotopic (exact) mass is 357 g/mol. The maximum Gasteiger partial charge on any atom is 0.258 e. The molecule has 0 aliphatic carbocycles. The zero-order valence-electron chi connectivity index (χ0n) is 14.1. The predicted octanol–water partition coefficient (Wildman–Crippen LogP) is 2.46. The normalized spacial score (nSPS) is 18.7. The van der Waals surface area contributed by atoms with E-state index in [9.17, 15) is 4.79 Å². The standard InChI is InChI=1S/C18H20ClN5O/c1-22-8-6-20-18(22)13-3-2-7-23(10-13)12-15-9-17(25)24-11-14(19)4-5-16(24)21-15/h4-6,8-9,11,13H,2-3,7,10,12H2,1H3/t13-/m1/s1. The molecule has 1 aliphatic heterocycles. The van der Waals surface area contributed by atoms with E-state index in [1.165, 1.54) is 4.40 Å². The molecule has 25 heavy (non-hydrogen) atoms. The number of fused-ring (bicyclic) bond motifs is 1.